The lowest BCUT2D eigenvalue weighted by atomic mass is 10.4. The Morgan fingerprint density at radius 3 is 2.87 bits per heavy atom. The quantitative estimate of drug-likeness (QED) is 0.682. The molecule has 82 valence electrons. The normalized spacial score (nSPS) is 9.60. The van der Waals surface area contributed by atoms with Gasteiger partial charge in [-0.3, -0.25) is 9.78 Å². The van der Waals surface area contributed by atoms with E-state index in [9.17, 15) is 9.59 Å². The molecular weight excluding hydrogens is 218 g/mol. The fraction of sp³-hybridized carbons (Fsp3) is 0.375. The number of nitrogens with one attached hydrogen (secondary N) is 2. The first-order chi connectivity index (χ1) is 7.18. The average molecular weight is 229 g/mol. The van der Waals surface area contributed by atoms with Gasteiger partial charge in [-0.15, -0.1) is 11.3 Å². The van der Waals surface area contributed by atoms with Crippen LogP contribution in [0.25, 0.3) is 0 Å². The second-order valence-corrected chi connectivity index (χ2v) is 3.69. The Balaban J connectivity index is 2.11. The molecule has 1 aromatic rings. The highest BCUT2D eigenvalue weighted by atomic mass is 32.1. The molecule has 1 heterocycles. The van der Waals surface area contributed by atoms with E-state index in [4.69, 9.17) is 5.11 Å². The Morgan fingerprint density at radius 1 is 1.47 bits per heavy atom. The molecule has 0 aliphatic rings. The van der Waals surface area contributed by atoms with Crippen LogP contribution in [0.15, 0.2) is 11.7 Å². The highest BCUT2D eigenvalue weighted by Crippen LogP contribution is 2.03. The molecule has 0 aliphatic carbocycles. The van der Waals surface area contributed by atoms with Gasteiger partial charge < -0.3 is 15.7 Å². The van der Waals surface area contributed by atoms with E-state index in [0.29, 0.717) is 6.54 Å². The maximum atomic E-state index is 11.1. The Morgan fingerprint density at radius 2 is 2.27 bits per heavy atom. The van der Waals surface area contributed by atoms with Gasteiger partial charge in [0.05, 0.1) is 18.5 Å². The summed E-state index contributed by atoms with van der Waals surface area (Å²) in [5.74, 6) is -0.933. The predicted molar refractivity (Wildman–Crippen MR) is 54.6 cm³/mol. The first-order valence-corrected chi connectivity index (χ1v) is 5.17. The lowest BCUT2D eigenvalue weighted by Crippen LogP contribution is -2.36. The second-order valence-electron chi connectivity index (χ2n) is 2.72. The number of hydrogen-bond donors (Lipinski definition) is 3. The molecule has 1 rings (SSSR count). The lowest BCUT2D eigenvalue weighted by Gasteiger charge is -2.04. The molecule has 0 aliphatic heterocycles. The van der Waals surface area contributed by atoms with Gasteiger partial charge in [-0.25, -0.2) is 4.79 Å². The van der Waals surface area contributed by atoms with Crippen molar-refractivity contribution in [3.8, 4) is 0 Å². The minimum Gasteiger partial charge on any atom is -0.481 e. The maximum Gasteiger partial charge on any atom is 0.315 e. The minimum atomic E-state index is -0.933. The van der Waals surface area contributed by atoms with Crippen LogP contribution < -0.4 is 10.6 Å². The summed E-state index contributed by atoms with van der Waals surface area (Å²) >= 11 is 1.45. The van der Waals surface area contributed by atoms with Gasteiger partial charge in [0.15, 0.2) is 0 Å². The van der Waals surface area contributed by atoms with Crippen molar-refractivity contribution in [2.24, 2.45) is 0 Å². The van der Waals surface area contributed by atoms with E-state index in [0.717, 1.165) is 4.88 Å². The van der Waals surface area contributed by atoms with Crippen LogP contribution in [0, 0.1) is 0 Å². The van der Waals surface area contributed by atoms with Crippen molar-refractivity contribution in [2.75, 3.05) is 6.54 Å². The molecule has 2 amide bonds. The molecule has 7 heteroatoms. The number of rotatable bonds is 5. The van der Waals surface area contributed by atoms with Gasteiger partial charge in [0.25, 0.3) is 0 Å². The lowest BCUT2D eigenvalue weighted by molar-refractivity contribution is -0.136. The molecule has 3 N–H and O–H groups in total. The van der Waals surface area contributed by atoms with Crippen LogP contribution in [-0.4, -0.2) is 28.6 Å². The van der Waals surface area contributed by atoms with Crippen molar-refractivity contribution in [1.82, 2.24) is 15.6 Å². The van der Waals surface area contributed by atoms with Gasteiger partial charge in [0.1, 0.15) is 0 Å². The van der Waals surface area contributed by atoms with Gasteiger partial charge in [-0.1, -0.05) is 0 Å². The highest BCUT2D eigenvalue weighted by Gasteiger charge is 2.02. The fourth-order valence-electron chi connectivity index (χ4n) is 0.842. The standard InChI is InChI=1S/C8H11N3O3S/c12-7(13)1-2-10-8(14)11-4-6-3-9-5-15-6/h3,5H,1-2,4H2,(H,12,13)(H2,10,11,14). The number of aliphatic carboxylic acids is 1. The van der Waals surface area contributed by atoms with Crippen LogP contribution in [-0.2, 0) is 11.3 Å². The van der Waals surface area contributed by atoms with Gasteiger partial charge in [0, 0.05) is 17.6 Å². The van der Waals surface area contributed by atoms with Crippen LogP contribution in [0.5, 0.6) is 0 Å². The number of urea groups is 1. The van der Waals surface area contributed by atoms with Gasteiger partial charge in [-0.05, 0) is 0 Å². The number of nitrogens with zero attached hydrogens (tertiary/aromatic N) is 1. The first-order valence-electron chi connectivity index (χ1n) is 4.29. The number of carbonyl (C=O) groups excluding carboxylic acids is 1. The van der Waals surface area contributed by atoms with Crippen LogP contribution in [0.3, 0.4) is 0 Å². The van der Waals surface area contributed by atoms with Crippen molar-refractivity contribution in [2.45, 2.75) is 13.0 Å². The molecule has 15 heavy (non-hydrogen) atoms. The number of hydrogen-bond acceptors (Lipinski definition) is 4. The fourth-order valence-corrected chi connectivity index (χ4v) is 1.38. The molecule has 0 aromatic carbocycles. The second kappa shape index (κ2) is 5.97. The number of aromatic nitrogens is 1. The molecule has 6 nitrogen and oxygen atoms in total. The van der Waals surface area contributed by atoms with Crippen molar-refractivity contribution < 1.29 is 14.7 Å². The van der Waals surface area contributed by atoms with Crippen molar-refractivity contribution in [1.29, 1.82) is 0 Å². The van der Waals surface area contributed by atoms with E-state index in [1.165, 1.54) is 11.3 Å². The Kier molecular flexibility index (Phi) is 4.55. The Hall–Kier alpha value is -1.63. The third-order valence-electron chi connectivity index (χ3n) is 1.53. The first kappa shape index (κ1) is 11.4. The minimum absolute atomic E-state index is 0.0754. The van der Waals surface area contributed by atoms with Crippen LogP contribution in [0.1, 0.15) is 11.3 Å². The van der Waals surface area contributed by atoms with Crippen LogP contribution >= 0.6 is 11.3 Å². The highest BCUT2D eigenvalue weighted by molar-refractivity contribution is 7.09. The molecule has 0 radical (unpaired) electrons. The molecule has 0 saturated carbocycles. The third-order valence-corrected chi connectivity index (χ3v) is 2.31. The molecule has 0 fully saturated rings. The summed E-state index contributed by atoms with van der Waals surface area (Å²) in [5, 5.41) is 13.3. The summed E-state index contributed by atoms with van der Waals surface area (Å²) in [5.41, 5.74) is 1.68. The molecule has 0 bridgehead atoms. The predicted octanol–water partition coefficient (Wildman–Crippen LogP) is 0.417. The van der Waals surface area contributed by atoms with Crippen molar-refractivity contribution >= 4 is 23.3 Å². The molecular formula is C8H11N3O3S. The Labute approximate surface area is 90.3 Å². The maximum absolute atomic E-state index is 11.1. The van der Waals surface area contributed by atoms with E-state index in [2.05, 4.69) is 15.6 Å². The van der Waals surface area contributed by atoms with E-state index < -0.39 is 5.97 Å². The number of amides is 2. The number of carbonyl (C=O) groups is 2. The SMILES string of the molecule is O=C(O)CCNC(=O)NCc1cncs1. The zero-order valence-electron chi connectivity index (χ0n) is 7.90. The summed E-state index contributed by atoms with van der Waals surface area (Å²) in [7, 11) is 0. The monoisotopic (exact) mass is 229 g/mol. The zero-order chi connectivity index (χ0) is 11.1. The summed E-state index contributed by atoms with van der Waals surface area (Å²) < 4.78 is 0. The van der Waals surface area contributed by atoms with E-state index >= 15 is 0 Å². The number of thiazole rings is 1. The van der Waals surface area contributed by atoms with E-state index in [1.807, 2.05) is 0 Å². The third kappa shape index (κ3) is 4.96. The zero-order valence-corrected chi connectivity index (χ0v) is 8.71. The topological polar surface area (TPSA) is 91.3 Å². The Bertz CT molecular complexity index is 326. The molecule has 0 unspecified atom stereocenters. The van der Waals surface area contributed by atoms with Crippen molar-refractivity contribution in [3.05, 3.63) is 16.6 Å². The molecule has 1 aromatic heterocycles. The van der Waals surface area contributed by atoms with Crippen molar-refractivity contribution in [3.63, 3.8) is 0 Å². The van der Waals surface area contributed by atoms with Gasteiger partial charge in [0.2, 0.25) is 0 Å². The summed E-state index contributed by atoms with van der Waals surface area (Å²) in [6.07, 6.45) is 1.59. The van der Waals surface area contributed by atoms with E-state index in [1.54, 1.807) is 11.7 Å². The van der Waals surface area contributed by atoms with Gasteiger partial charge in [-0.2, -0.15) is 0 Å². The molecule has 0 saturated heterocycles. The number of carboxylic acid groups (broad SMARTS) is 1. The summed E-state index contributed by atoms with van der Waals surface area (Å²) in [4.78, 5) is 26.0. The average Bonchev–Trinajstić information content (AvgIpc) is 2.66. The largest absolute Gasteiger partial charge is 0.481 e. The molecule has 0 spiro atoms. The van der Waals surface area contributed by atoms with Crippen LogP contribution in [0.4, 0.5) is 4.79 Å². The summed E-state index contributed by atoms with van der Waals surface area (Å²) in [6.45, 7) is 0.535. The van der Waals surface area contributed by atoms with Gasteiger partial charge >= 0.3 is 12.0 Å². The smallest absolute Gasteiger partial charge is 0.315 e. The van der Waals surface area contributed by atoms with E-state index in [-0.39, 0.29) is 19.0 Å². The molecule has 0 atom stereocenters. The summed E-state index contributed by atoms with van der Waals surface area (Å²) in [6, 6.07) is -0.371. The number of carboxylic acids is 1. The van der Waals surface area contributed by atoms with Crippen LogP contribution in [0.2, 0.25) is 0 Å².